The molecule has 0 saturated carbocycles. The topological polar surface area (TPSA) is 80.4 Å². The van der Waals surface area contributed by atoms with Crippen molar-refractivity contribution in [2.75, 3.05) is 6.26 Å². The van der Waals surface area contributed by atoms with Crippen LogP contribution in [0.25, 0.3) is 0 Å². The Morgan fingerprint density at radius 1 is 1.70 bits per heavy atom. The first-order valence-corrected chi connectivity index (χ1v) is 3.90. The summed E-state index contributed by atoms with van der Waals surface area (Å²) in [6.07, 6.45) is 1.45. The highest BCUT2D eigenvalue weighted by Gasteiger charge is 2.16. The molecular formula is C5H9NO3S. The molecule has 58 valence electrons. The zero-order valence-corrected chi connectivity index (χ0v) is 6.35. The van der Waals surface area contributed by atoms with Crippen LogP contribution in [-0.2, 0) is 9.59 Å². The number of thioether (sulfide) groups is 1. The largest absolute Gasteiger partial charge is 0.481 e. The lowest BCUT2D eigenvalue weighted by atomic mass is 10.3. The fraction of sp³-hybridized carbons (Fsp3) is 0.600. The van der Waals surface area contributed by atoms with Gasteiger partial charge in [0.05, 0.1) is 11.7 Å². The Bertz CT molecular complexity index is 148. The molecule has 5 heteroatoms. The van der Waals surface area contributed by atoms with Crippen molar-refractivity contribution in [3.8, 4) is 0 Å². The van der Waals surface area contributed by atoms with Crippen molar-refractivity contribution < 1.29 is 14.7 Å². The van der Waals surface area contributed by atoms with E-state index >= 15 is 0 Å². The highest BCUT2D eigenvalue weighted by molar-refractivity contribution is 7.99. The van der Waals surface area contributed by atoms with Crippen LogP contribution in [-0.4, -0.2) is 28.5 Å². The van der Waals surface area contributed by atoms with Gasteiger partial charge < -0.3 is 10.8 Å². The van der Waals surface area contributed by atoms with Crippen LogP contribution in [0.2, 0.25) is 0 Å². The molecule has 0 spiro atoms. The van der Waals surface area contributed by atoms with E-state index in [2.05, 4.69) is 0 Å². The van der Waals surface area contributed by atoms with E-state index < -0.39 is 17.1 Å². The second kappa shape index (κ2) is 4.16. The molecule has 0 saturated heterocycles. The molecular weight excluding hydrogens is 154 g/mol. The van der Waals surface area contributed by atoms with Crippen molar-refractivity contribution in [3.05, 3.63) is 0 Å². The first-order chi connectivity index (χ1) is 4.57. The Kier molecular flexibility index (Phi) is 3.87. The number of carbonyl (C=O) groups excluding carboxylic acids is 1. The van der Waals surface area contributed by atoms with Crippen LogP contribution in [0.3, 0.4) is 0 Å². The first kappa shape index (κ1) is 9.29. The number of rotatable bonds is 4. The second-order valence-corrected chi connectivity index (χ2v) is 2.77. The van der Waals surface area contributed by atoms with Crippen molar-refractivity contribution in [2.45, 2.75) is 11.7 Å². The third kappa shape index (κ3) is 3.34. The quantitative estimate of drug-likeness (QED) is 0.595. The number of carbonyl (C=O) groups is 2. The number of hydrogen-bond donors (Lipinski definition) is 2. The average molecular weight is 163 g/mol. The highest BCUT2D eigenvalue weighted by atomic mass is 32.2. The van der Waals surface area contributed by atoms with Crippen molar-refractivity contribution in [1.29, 1.82) is 0 Å². The number of nitrogens with two attached hydrogens (primary N) is 1. The number of carboxylic acids is 1. The van der Waals surface area contributed by atoms with Crippen LogP contribution in [0.15, 0.2) is 0 Å². The van der Waals surface area contributed by atoms with E-state index in [1.807, 2.05) is 0 Å². The normalized spacial score (nSPS) is 12.5. The first-order valence-electron chi connectivity index (χ1n) is 2.61. The Balaban J connectivity index is 3.83. The SMILES string of the molecule is CSC(CC(=O)O)C(N)=O. The molecule has 1 unspecified atom stereocenters. The lowest BCUT2D eigenvalue weighted by Crippen LogP contribution is -2.27. The molecule has 0 bridgehead atoms. The molecule has 0 aromatic heterocycles. The van der Waals surface area contributed by atoms with E-state index in [1.54, 1.807) is 6.26 Å². The summed E-state index contributed by atoms with van der Waals surface area (Å²) in [5, 5.41) is 7.64. The van der Waals surface area contributed by atoms with Gasteiger partial charge in [0.1, 0.15) is 0 Å². The van der Waals surface area contributed by atoms with Gasteiger partial charge >= 0.3 is 5.97 Å². The molecule has 0 aromatic carbocycles. The van der Waals surface area contributed by atoms with Gasteiger partial charge in [-0.3, -0.25) is 9.59 Å². The Morgan fingerprint density at radius 2 is 2.20 bits per heavy atom. The predicted octanol–water partition coefficient (Wildman–Crippen LogP) is -0.322. The van der Waals surface area contributed by atoms with Crippen molar-refractivity contribution in [1.82, 2.24) is 0 Å². The Hall–Kier alpha value is -0.710. The fourth-order valence-electron chi connectivity index (χ4n) is 0.459. The van der Waals surface area contributed by atoms with Crippen LogP contribution in [0.4, 0.5) is 0 Å². The summed E-state index contributed by atoms with van der Waals surface area (Å²) in [5.74, 6) is -1.58. The van der Waals surface area contributed by atoms with Gasteiger partial charge in [0, 0.05) is 0 Å². The molecule has 0 rings (SSSR count). The summed E-state index contributed by atoms with van der Waals surface area (Å²) in [6.45, 7) is 0. The molecule has 1 atom stereocenters. The van der Waals surface area contributed by atoms with Gasteiger partial charge in [-0.15, -0.1) is 0 Å². The van der Waals surface area contributed by atoms with E-state index in [-0.39, 0.29) is 6.42 Å². The summed E-state index contributed by atoms with van der Waals surface area (Å²) in [6, 6.07) is 0. The predicted molar refractivity (Wildman–Crippen MR) is 38.8 cm³/mol. The van der Waals surface area contributed by atoms with E-state index in [0.29, 0.717) is 0 Å². The monoisotopic (exact) mass is 163 g/mol. The maximum absolute atomic E-state index is 10.4. The van der Waals surface area contributed by atoms with Gasteiger partial charge in [0.15, 0.2) is 0 Å². The molecule has 3 N–H and O–H groups in total. The van der Waals surface area contributed by atoms with E-state index in [4.69, 9.17) is 10.8 Å². The number of carboxylic acid groups (broad SMARTS) is 1. The lowest BCUT2D eigenvalue weighted by molar-refractivity contribution is -0.138. The van der Waals surface area contributed by atoms with Gasteiger partial charge in [0.25, 0.3) is 0 Å². The molecule has 0 aliphatic carbocycles. The molecule has 0 aromatic rings. The third-order valence-corrected chi connectivity index (χ3v) is 1.93. The molecule has 0 aliphatic heterocycles. The molecule has 4 nitrogen and oxygen atoms in total. The number of aliphatic carboxylic acids is 1. The van der Waals surface area contributed by atoms with E-state index in [1.165, 1.54) is 0 Å². The number of amides is 1. The van der Waals surface area contributed by atoms with Crippen molar-refractivity contribution >= 4 is 23.6 Å². The molecule has 0 heterocycles. The summed E-state index contributed by atoms with van der Waals surface area (Å²) < 4.78 is 0. The van der Waals surface area contributed by atoms with Gasteiger partial charge in [-0.25, -0.2) is 0 Å². The smallest absolute Gasteiger partial charge is 0.305 e. The minimum absolute atomic E-state index is 0.198. The molecule has 0 radical (unpaired) electrons. The van der Waals surface area contributed by atoms with Crippen molar-refractivity contribution in [3.63, 3.8) is 0 Å². The minimum Gasteiger partial charge on any atom is -0.481 e. The lowest BCUT2D eigenvalue weighted by Gasteiger charge is -2.04. The van der Waals surface area contributed by atoms with E-state index in [9.17, 15) is 9.59 Å². The van der Waals surface area contributed by atoms with E-state index in [0.717, 1.165) is 11.8 Å². The number of primary amides is 1. The van der Waals surface area contributed by atoms with Crippen LogP contribution < -0.4 is 5.73 Å². The second-order valence-electron chi connectivity index (χ2n) is 1.72. The zero-order valence-electron chi connectivity index (χ0n) is 5.53. The Morgan fingerprint density at radius 3 is 2.30 bits per heavy atom. The standard InChI is InChI=1S/C5H9NO3S/c1-10-3(5(6)9)2-4(7)8/h3H,2H2,1H3,(H2,6,9)(H,7,8). The highest BCUT2D eigenvalue weighted by Crippen LogP contribution is 2.09. The summed E-state index contributed by atoms with van der Waals surface area (Å²) >= 11 is 1.15. The van der Waals surface area contributed by atoms with Crippen LogP contribution in [0, 0.1) is 0 Å². The Labute approximate surface area is 62.8 Å². The molecule has 10 heavy (non-hydrogen) atoms. The average Bonchev–Trinajstić information content (AvgIpc) is 1.81. The van der Waals surface area contributed by atoms with Gasteiger partial charge in [0.2, 0.25) is 5.91 Å². The molecule has 0 fully saturated rings. The van der Waals surface area contributed by atoms with Crippen LogP contribution in [0.5, 0.6) is 0 Å². The third-order valence-electron chi connectivity index (χ3n) is 0.962. The molecule has 0 aliphatic rings. The summed E-state index contributed by atoms with van der Waals surface area (Å²) in [4.78, 5) is 20.5. The minimum atomic E-state index is -1.00. The van der Waals surface area contributed by atoms with Gasteiger partial charge in [-0.05, 0) is 6.26 Å². The van der Waals surface area contributed by atoms with Gasteiger partial charge in [-0.2, -0.15) is 11.8 Å². The maximum atomic E-state index is 10.4. The summed E-state index contributed by atoms with van der Waals surface area (Å²) in [7, 11) is 0. The van der Waals surface area contributed by atoms with Crippen LogP contribution in [0.1, 0.15) is 6.42 Å². The van der Waals surface area contributed by atoms with Crippen LogP contribution >= 0.6 is 11.8 Å². The number of hydrogen-bond acceptors (Lipinski definition) is 3. The van der Waals surface area contributed by atoms with Gasteiger partial charge in [-0.1, -0.05) is 0 Å². The zero-order chi connectivity index (χ0) is 8.15. The van der Waals surface area contributed by atoms with Crippen molar-refractivity contribution in [2.24, 2.45) is 5.73 Å². The maximum Gasteiger partial charge on any atom is 0.305 e. The molecule has 1 amide bonds. The summed E-state index contributed by atoms with van der Waals surface area (Å²) in [5.41, 5.74) is 4.87. The fourth-order valence-corrected chi connectivity index (χ4v) is 1.00.